The highest BCUT2D eigenvalue weighted by molar-refractivity contribution is 5.88. The predicted molar refractivity (Wildman–Crippen MR) is 65.2 cm³/mol. The van der Waals surface area contributed by atoms with E-state index in [1.807, 2.05) is 0 Å². The van der Waals surface area contributed by atoms with Gasteiger partial charge >= 0.3 is 5.97 Å². The number of hydrogen-bond acceptors (Lipinski definition) is 3. The molecule has 1 aromatic carbocycles. The Kier molecular flexibility index (Phi) is 3.71. The van der Waals surface area contributed by atoms with E-state index in [0.717, 1.165) is 25.0 Å². The molecule has 1 aliphatic carbocycles. The molecule has 0 radical (unpaired) electrons. The van der Waals surface area contributed by atoms with Gasteiger partial charge in [0.2, 0.25) is 0 Å². The van der Waals surface area contributed by atoms with E-state index >= 15 is 0 Å². The van der Waals surface area contributed by atoms with Gasteiger partial charge in [0.1, 0.15) is 17.3 Å². The van der Waals surface area contributed by atoms with E-state index in [-0.39, 0.29) is 6.54 Å². The van der Waals surface area contributed by atoms with Gasteiger partial charge in [-0.2, -0.15) is 0 Å². The molecule has 6 heteroatoms. The molecule has 19 heavy (non-hydrogen) atoms. The number of anilines is 1. The van der Waals surface area contributed by atoms with E-state index in [1.165, 1.54) is 0 Å². The van der Waals surface area contributed by atoms with Crippen molar-refractivity contribution in [1.29, 1.82) is 0 Å². The lowest BCUT2D eigenvalue weighted by Crippen LogP contribution is -2.34. The third-order valence-corrected chi connectivity index (χ3v) is 3.42. The zero-order chi connectivity index (χ0) is 14.0. The summed E-state index contributed by atoms with van der Waals surface area (Å²) in [6.45, 7) is 0.0489. The predicted octanol–water partition coefficient (Wildman–Crippen LogP) is 2.38. The fraction of sp³-hybridized carbons (Fsp3) is 0.462. The van der Waals surface area contributed by atoms with Crippen LogP contribution in [0, 0.1) is 11.6 Å². The van der Waals surface area contributed by atoms with Crippen molar-refractivity contribution in [2.24, 2.45) is 0 Å². The van der Waals surface area contributed by atoms with E-state index in [2.05, 4.69) is 5.32 Å². The highest BCUT2D eigenvalue weighted by Gasteiger charge is 2.31. The summed E-state index contributed by atoms with van der Waals surface area (Å²) < 4.78 is 27.2. The monoisotopic (exact) mass is 271 g/mol. The molecule has 1 aliphatic rings. The van der Waals surface area contributed by atoms with Gasteiger partial charge in [-0.3, -0.25) is 0 Å². The van der Waals surface area contributed by atoms with E-state index in [4.69, 9.17) is 5.11 Å². The fourth-order valence-corrected chi connectivity index (χ4v) is 2.33. The summed E-state index contributed by atoms with van der Waals surface area (Å²) in [6.07, 6.45) is 2.97. The first-order valence-corrected chi connectivity index (χ1v) is 6.10. The van der Waals surface area contributed by atoms with Gasteiger partial charge in [-0.1, -0.05) is 12.8 Å². The molecule has 2 rings (SSSR count). The van der Waals surface area contributed by atoms with Crippen LogP contribution < -0.4 is 5.32 Å². The molecule has 0 bridgehead atoms. The molecule has 1 saturated carbocycles. The van der Waals surface area contributed by atoms with Gasteiger partial charge in [0.05, 0.1) is 11.2 Å². The number of carboxylic acids is 1. The smallest absolute Gasteiger partial charge is 0.335 e. The van der Waals surface area contributed by atoms with Crippen molar-refractivity contribution >= 4 is 11.7 Å². The number of hydrogen-bond donors (Lipinski definition) is 3. The molecule has 3 N–H and O–H groups in total. The van der Waals surface area contributed by atoms with Crippen molar-refractivity contribution in [2.75, 3.05) is 11.9 Å². The first-order valence-electron chi connectivity index (χ1n) is 6.10. The lowest BCUT2D eigenvalue weighted by atomic mass is 10.0. The molecule has 0 amide bonds. The lowest BCUT2D eigenvalue weighted by molar-refractivity contribution is 0.0612. The van der Waals surface area contributed by atoms with Gasteiger partial charge in [-0.25, -0.2) is 13.6 Å². The van der Waals surface area contributed by atoms with Crippen LogP contribution in [0.1, 0.15) is 36.0 Å². The normalized spacial score (nSPS) is 17.4. The molecule has 1 fully saturated rings. The molecular formula is C13H15F2NO3. The van der Waals surface area contributed by atoms with Gasteiger partial charge in [0.15, 0.2) is 0 Å². The average molecular weight is 271 g/mol. The SMILES string of the molecule is O=C(O)c1cc(F)c(NCC2(O)CCCC2)c(F)c1. The maximum atomic E-state index is 13.6. The Labute approximate surface area is 109 Å². The summed E-state index contributed by atoms with van der Waals surface area (Å²) >= 11 is 0. The molecular weight excluding hydrogens is 256 g/mol. The summed E-state index contributed by atoms with van der Waals surface area (Å²) in [7, 11) is 0. The topological polar surface area (TPSA) is 69.6 Å². The molecule has 0 aliphatic heterocycles. The zero-order valence-electron chi connectivity index (χ0n) is 10.2. The summed E-state index contributed by atoms with van der Waals surface area (Å²) in [5.74, 6) is -3.34. The van der Waals surface area contributed by atoms with E-state index in [0.29, 0.717) is 12.8 Å². The Morgan fingerprint density at radius 1 is 1.26 bits per heavy atom. The Bertz CT molecular complexity index is 476. The van der Waals surface area contributed by atoms with E-state index < -0.39 is 34.5 Å². The first-order chi connectivity index (χ1) is 8.91. The zero-order valence-corrected chi connectivity index (χ0v) is 10.2. The van der Waals surface area contributed by atoms with Crippen molar-refractivity contribution < 1.29 is 23.8 Å². The fourth-order valence-electron chi connectivity index (χ4n) is 2.33. The van der Waals surface area contributed by atoms with Crippen LogP contribution in [0.15, 0.2) is 12.1 Å². The van der Waals surface area contributed by atoms with Crippen LogP contribution in [0.4, 0.5) is 14.5 Å². The molecule has 1 aromatic rings. The van der Waals surface area contributed by atoms with E-state index in [9.17, 15) is 18.7 Å². The van der Waals surface area contributed by atoms with Crippen LogP contribution in [0.3, 0.4) is 0 Å². The second-order valence-corrected chi connectivity index (χ2v) is 4.91. The Balaban J connectivity index is 2.14. The van der Waals surface area contributed by atoms with Gasteiger partial charge in [-0.05, 0) is 25.0 Å². The maximum absolute atomic E-state index is 13.6. The van der Waals surface area contributed by atoms with Gasteiger partial charge in [0.25, 0.3) is 0 Å². The van der Waals surface area contributed by atoms with Crippen LogP contribution in [0.25, 0.3) is 0 Å². The summed E-state index contributed by atoms with van der Waals surface area (Å²) in [6, 6.07) is 1.51. The molecule has 0 atom stereocenters. The minimum absolute atomic E-state index is 0.0489. The Hall–Kier alpha value is -1.69. The number of carboxylic acid groups (broad SMARTS) is 1. The Morgan fingerprint density at radius 3 is 2.26 bits per heavy atom. The van der Waals surface area contributed by atoms with Crippen LogP contribution >= 0.6 is 0 Å². The first kappa shape index (κ1) is 13.7. The van der Waals surface area contributed by atoms with Crippen molar-refractivity contribution in [1.82, 2.24) is 0 Å². The van der Waals surface area contributed by atoms with Crippen LogP contribution in [-0.2, 0) is 0 Å². The second-order valence-electron chi connectivity index (χ2n) is 4.91. The average Bonchev–Trinajstić information content (AvgIpc) is 2.75. The standard InChI is InChI=1S/C13H15F2NO3/c14-9-5-8(12(17)18)6-10(15)11(9)16-7-13(19)3-1-2-4-13/h5-6,16,19H,1-4,7H2,(H,17,18). The van der Waals surface area contributed by atoms with Crippen molar-refractivity contribution in [3.05, 3.63) is 29.3 Å². The third-order valence-electron chi connectivity index (χ3n) is 3.42. The number of aromatic carboxylic acids is 1. The number of aliphatic hydroxyl groups is 1. The van der Waals surface area contributed by atoms with Gasteiger partial charge in [-0.15, -0.1) is 0 Å². The molecule has 104 valence electrons. The van der Waals surface area contributed by atoms with Crippen LogP contribution in [0.5, 0.6) is 0 Å². The molecule has 0 heterocycles. The van der Waals surface area contributed by atoms with Gasteiger partial charge < -0.3 is 15.5 Å². The number of halogens is 2. The minimum Gasteiger partial charge on any atom is -0.478 e. The van der Waals surface area contributed by atoms with Crippen LogP contribution in [-0.4, -0.2) is 28.3 Å². The molecule has 0 spiro atoms. The van der Waals surface area contributed by atoms with E-state index in [1.54, 1.807) is 0 Å². The van der Waals surface area contributed by atoms with Crippen molar-refractivity contribution in [2.45, 2.75) is 31.3 Å². The second kappa shape index (κ2) is 5.13. The summed E-state index contributed by atoms with van der Waals surface area (Å²) in [4.78, 5) is 10.6. The minimum atomic E-state index is -1.39. The number of benzene rings is 1. The Morgan fingerprint density at radius 2 is 1.79 bits per heavy atom. The number of carbonyl (C=O) groups is 1. The lowest BCUT2D eigenvalue weighted by Gasteiger charge is -2.23. The number of nitrogens with one attached hydrogen (secondary N) is 1. The highest BCUT2D eigenvalue weighted by atomic mass is 19.1. The molecule has 0 saturated heterocycles. The number of rotatable bonds is 4. The van der Waals surface area contributed by atoms with Crippen molar-refractivity contribution in [3.63, 3.8) is 0 Å². The van der Waals surface area contributed by atoms with Crippen LogP contribution in [0.2, 0.25) is 0 Å². The summed E-state index contributed by atoms with van der Waals surface area (Å²) in [5, 5.41) is 21.3. The highest BCUT2D eigenvalue weighted by Crippen LogP contribution is 2.30. The van der Waals surface area contributed by atoms with Gasteiger partial charge in [0, 0.05) is 6.54 Å². The quantitative estimate of drug-likeness (QED) is 0.786. The third kappa shape index (κ3) is 3.01. The molecule has 0 unspecified atom stereocenters. The van der Waals surface area contributed by atoms with Crippen molar-refractivity contribution in [3.8, 4) is 0 Å². The summed E-state index contributed by atoms with van der Waals surface area (Å²) in [5.41, 5.74) is -1.78. The maximum Gasteiger partial charge on any atom is 0.335 e. The molecule has 4 nitrogen and oxygen atoms in total. The molecule has 0 aromatic heterocycles. The largest absolute Gasteiger partial charge is 0.478 e.